The van der Waals surface area contributed by atoms with Crippen LogP contribution in [0.4, 0.5) is 5.69 Å². The van der Waals surface area contributed by atoms with Crippen LogP contribution in [-0.2, 0) is 4.79 Å². The molecule has 3 heteroatoms. The van der Waals surface area contributed by atoms with Crippen LogP contribution >= 0.6 is 0 Å². The lowest BCUT2D eigenvalue weighted by Crippen LogP contribution is -2.22. The Bertz CT molecular complexity index is 334. The van der Waals surface area contributed by atoms with Gasteiger partial charge in [0, 0.05) is 5.69 Å². The summed E-state index contributed by atoms with van der Waals surface area (Å²) < 4.78 is 0. The van der Waals surface area contributed by atoms with Crippen LogP contribution in [0.1, 0.15) is 11.1 Å². The monoisotopic (exact) mass is 192 g/mol. The summed E-state index contributed by atoms with van der Waals surface area (Å²) in [5.41, 5.74) is 8.57. The molecule has 0 saturated heterocycles. The van der Waals surface area contributed by atoms with Crippen molar-refractivity contribution in [2.24, 2.45) is 5.73 Å². The van der Waals surface area contributed by atoms with Crippen LogP contribution in [0, 0.1) is 13.8 Å². The van der Waals surface area contributed by atoms with Gasteiger partial charge in [-0.3, -0.25) is 4.79 Å². The van der Waals surface area contributed by atoms with Gasteiger partial charge >= 0.3 is 0 Å². The fourth-order valence-electron chi connectivity index (χ4n) is 1.28. The number of carbonyl (C=O) groups is 1. The Morgan fingerprint density at radius 3 is 2.71 bits per heavy atom. The molecule has 1 aromatic rings. The summed E-state index contributed by atoms with van der Waals surface area (Å²) in [4.78, 5) is 11.0. The Morgan fingerprint density at radius 1 is 1.43 bits per heavy atom. The van der Waals surface area contributed by atoms with Gasteiger partial charge in [-0.1, -0.05) is 17.7 Å². The van der Waals surface area contributed by atoms with Gasteiger partial charge in [0.15, 0.2) is 5.78 Å². The summed E-state index contributed by atoms with van der Waals surface area (Å²) in [5.74, 6) is 0.0185. The van der Waals surface area contributed by atoms with Gasteiger partial charge in [-0.25, -0.2) is 0 Å². The van der Waals surface area contributed by atoms with Crippen molar-refractivity contribution >= 4 is 11.5 Å². The fraction of sp³-hybridized carbons (Fsp3) is 0.364. The first-order valence-corrected chi connectivity index (χ1v) is 4.66. The Kier molecular flexibility index (Phi) is 3.65. The van der Waals surface area contributed by atoms with Crippen molar-refractivity contribution in [3.63, 3.8) is 0 Å². The highest BCUT2D eigenvalue weighted by Crippen LogP contribution is 2.15. The number of rotatable bonds is 4. The number of anilines is 1. The molecule has 0 aliphatic rings. The molecule has 0 atom stereocenters. The molecule has 0 saturated carbocycles. The summed E-state index contributed by atoms with van der Waals surface area (Å²) >= 11 is 0. The molecule has 0 spiro atoms. The van der Waals surface area contributed by atoms with Crippen molar-refractivity contribution in [1.82, 2.24) is 0 Å². The zero-order valence-corrected chi connectivity index (χ0v) is 8.63. The standard InChI is InChI=1S/C11H16N2O/c1-8-3-4-11(9(2)5-8)13-7-10(14)6-12/h3-5,13H,6-7,12H2,1-2H3. The minimum Gasteiger partial charge on any atom is -0.378 e. The topological polar surface area (TPSA) is 55.1 Å². The lowest BCUT2D eigenvalue weighted by Gasteiger charge is -2.08. The number of nitrogens with two attached hydrogens (primary N) is 1. The van der Waals surface area contributed by atoms with E-state index in [2.05, 4.69) is 11.4 Å². The highest BCUT2D eigenvalue weighted by Gasteiger charge is 2.00. The summed E-state index contributed by atoms with van der Waals surface area (Å²) in [5, 5.41) is 3.06. The van der Waals surface area contributed by atoms with Gasteiger partial charge in [0.25, 0.3) is 0 Å². The minimum atomic E-state index is 0.0185. The van der Waals surface area contributed by atoms with E-state index in [1.807, 2.05) is 26.0 Å². The predicted octanol–water partition coefficient (Wildman–Crippen LogP) is 1.24. The van der Waals surface area contributed by atoms with Crippen molar-refractivity contribution in [2.75, 3.05) is 18.4 Å². The number of Topliss-reactive ketones (excluding diaryl/α,β-unsaturated/α-hetero) is 1. The molecule has 3 nitrogen and oxygen atoms in total. The zero-order chi connectivity index (χ0) is 10.6. The van der Waals surface area contributed by atoms with E-state index in [0.717, 1.165) is 11.3 Å². The van der Waals surface area contributed by atoms with Crippen LogP contribution in [0.2, 0.25) is 0 Å². The second-order valence-electron chi connectivity index (χ2n) is 3.41. The average molecular weight is 192 g/mol. The third-order valence-corrected chi connectivity index (χ3v) is 2.09. The molecule has 76 valence electrons. The smallest absolute Gasteiger partial charge is 0.165 e. The molecule has 0 amide bonds. The van der Waals surface area contributed by atoms with E-state index >= 15 is 0 Å². The highest BCUT2D eigenvalue weighted by molar-refractivity contribution is 5.84. The number of nitrogens with one attached hydrogen (secondary N) is 1. The van der Waals surface area contributed by atoms with Crippen LogP contribution in [0.5, 0.6) is 0 Å². The maximum atomic E-state index is 11.0. The van der Waals surface area contributed by atoms with Crippen LogP contribution in [-0.4, -0.2) is 18.9 Å². The van der Waals surface area contributed by atoms with Crippen LogP contribution < -0.4 is 11.1 Å². The summed E-state index contributed by atoms with van der Waals surface area (Å²) in [7, 11) is 0. The number of benzene rings is 1. The lowest BCUT2D eigenvalue weighted by molar-refractivity contribution is -0.116. The summed E-state index contributed by atoms with van der Waals surface area (Å²) in [6.45, 7) is 4.46. The molecule has 14 heavy (non-hydrogen) atoms. The lowest BCUT2D eigenvalue weighted by atomic mass is 10.1. The predicted molar refractivity (Wildman–Crippen MR) is 58.5 cm³/mol. The van der Waals surface area contributed by atoms with Gasteiger partial charge in [-0.2, -0.15) is 0 Å². The van der Waals surface area contributed by atoms with Crippen molar-refractivity contribution in [1.29, 1.82) is 0 Å². The van der Waals surface area contributed by atoms with E-state index in [9.17, 15) is 4.79 Å². The maximum Gasteiger partial charge on any atom is 0.165 e. The zero-order valence-electron chi connectivity index (χ0n) is 8.63. The number of ketones is 1. The summed E-state index contributed by atoms with van der Waals surface area (Å²) in [6, 6.07) is 6.08. The molecule has 0 bridgehead atoms. The maximum absolute atomic E-state index is 11.0. The fourth-order valence-corrected chi connectivity index (χ4v) is 1.28. The van der Waals surface area contributed by atoms with Gasteiger partial charge in [-0.05, 0) is 25.5 Å². The van der Waals surface area contributed by atoms with Gasteiger partial charge in [-0.15, -0.1) is 0 Å². The molecule has 1 aromatic carbocycles. The van der Waals surface area contributed by atoms with Gasteiger partial charge in [0.2, 0.25) is 0 Å². The van der Waals surface area contributed by atoms with Crippen LogP contribution in [0.25, 0.3) is 0 Å². The second-order valence-corrected chi connectivity index (χ2v) is 3.41. The Hall–Kier alpha value is -1.35. The summed E-state index contributed by atoms with van der Waals surface area (Å²) in [6.07, 6.45) is 0. The number of aryl methyl sites for hydroxylation is 2. The molecular weight excluding hydrogens is 176 g/mol. The Morgan fingerprint density at radius 2 is 2.14 bits per heavy atom. The average Bonchev–Trinajstić information content (AvgIpc) is 2.16. The first-order chi connectivity index (χ1) is 6.63. The van der Waals surface area contributed by atoms with Crippen LogP contribution in [0.3, 0.4) is 0 Å². The SMILES string of the molecule is Cc1ccc(NCC(=O)CN)c(C)c1. The number of carbonyl (C=O) groups excluding carboxylic acids is 1. The van der Waals surface area contributed by atoms with E-state index in [0.29, 0.717) is 6.54 Å². The Labute approximate surface area is 84.3 Å². The van der Waals surface area contributed by atoms with Crippen molar-refractivity contribution in [2.45, 2.75) is 13.8 Å². The molecule has 0 heterocycles. The molecule has 1 rings (SSSR count). The molecule has 0 aromatic heterocycles. The van der Waals surface area contributed by atoms with E-state index < -0.39 is 0 Å². The molecule has 0 aliphatic heterocycles. The Balaban J connectivity index is 2.63. The van der Waals surface area contributed by atoms with Crippen molar-refractivity contribution < 1.29 is 4.79 Å². The highest BCUT2D eigenvalue weighted by atomic mass is 16.1. The van der Waals surface area contributed by atoms with E-state index in [1.165, 1.54) is 5.56 Å². The minimum absolute atomic E-state index is 0.0185. The van der Waals surface area contributed by atoms with E-state index in [-0.39, 0.29) is 12.3 Å². The van der Waals surface area contributed by atoms with Gasteiger partial charge < -0.3 is 11.1 Å². The molecule has 0 radical (unpaired) electrons. The third kappa shape index (κ3) is 2.85. The normalized spacial score (nSPS) is 9.93. The molecule has 0 fully saturated rings. The molecule has 3 N–H and O–H groups in total. The van der Waals surface area contributed by atoms with Crippen molar-refractivity contribution in [3.8, 4) is 0 Å². The molecule has 0 aliphatic carbocycles. The molecule has 0 unspecified atom stereocenters. The third-order valence-electron chi connectivity index (χ3n) is 2.09. The van der Waals surface area contributed by atoms with Crippen molar-refractivity contribution in [3.05, 3.63) is 29.3 Å². The van der Waals surface area contributed by atoms with E-state index in [4.69, 9.17) is 5.73 Å². The first kappa shape index (κ1) is 10.7. The number of hydrogen-bond donors (Lipinski definition) is 2. The van der Waals surface area contributed by atoms with Gasteiger partial charge in [0.05, 0.1) is 13.1 Å². The van der Waals surface area contributed by atoms with Crippen LogP contribution in [0.15, 0.2) is 18.2 Å². The van der Waals surface area contributed by atoms with E-state index in [1.54, 1.807) is 0 Å². The number of hydrogen-bond acceptors (Lipinski definition) is 3. The molecular formula is C11H16N2O. The second kappa shape index (κ2) is 4.77. The first-order valence-electron chi connectivity index (χ1n) is 4.66. The quantitative estimate of drug-likeness (QED) is 0.754. The van der Waals surface area contributed by atoms with Gasteiger partial charge in [0.1, 0.15) is 0 Å². The largest absolute Gasteiger partial charge is 0.378 e.